The van der Waals surface area contributed by atoms with Crippen molar-refractivity contribution in [3.8, 4) is 6.07 Å². The summed E-state index contributed by atoms with van der Waals surface area (Å²) in [5.41, 5.74) is -0.756. The van der Waals surface area contributed by atoms with E-state index in [0.29, 0.717) is 23.8 Å². The van der Waals surface area contributed by atoms with Crippen molar-refractivity contribution in [3.63, 3.8) is 0 Å². The van der Waals surface area contributed by atoms with Crippen LogP contribution in [-0.2, 0) is 0 Å². The molecule has 0 aromatic heterocycles. The van der Waals surface area contributed by atoms with E-state index in [1.165, 1.54) is 18.2 Å². The Bertz CT molecular complexity index is 532. The number of hydrogen-bond acceptors (Lipinski definition) is 2. The first-order chi connectivity index (χ1) is 10.0. The summed E-state index contributed by atoms with van der Waals surface area (Å²) in [5, 5.41) is 20.6. The second kappa shape index (κ2) is 6.77. The highest BCUT2D eigenvalue weighted by Gasteiger charge is 2.43. The third-order valence-corrected chi connectivity index (χ3v) is 4.93. The third-order valence-electron chi connectivity index (χ3n) is 4.69. The maximum atomic E-state index is 14.0. The smallest absolute Gasteiger partial charge is 0.129 e. The number of hydrogen-bond donors (Lipinski definition) is 1. The monoisotopic (exact) mass is 309 g/mol. The molecule has 1 aliphatic carbocycles. The molecular weight excluding hydrogens is 289 g/mol. The average molecular weight is 310 g/mol. The van der Waals surface area contributed by atoms with Crippen LogP contribution in [0, 0.1) is 28.5 Å². The van der Waals surface area contributed by atoms with Gasteiger partial charge in [-0.05, 0) is 49.8 Å². The standard InChI is InChI=1S/C17H21ClFNO/c1-2-3-12-6-8-17(11-20,9-7-12)16(21)14-10-13(18)4-5-15(14)19/h4-5,10,12,16,21H,2-3,6-9H2,1H3. The van der Waals surface area contributed by atoms with Crippen molar-refractivity contribution in [1.82, 2.24) is 0 Å². The summed E-state index contributed by atoms with van der Waals surface area (Å²) in [6, 6.07) is 6.39. The van der Waals surface area contributed by atoms with Gasteiger partial charge < -0.3 is 5.11 Å². The molecule has 1 fully saturated rings. The number of rotatable bonds is 4. The van der Waals surface area contributed by atoms with Gasteiger partial charge in [-0.1, -0.05) is 31.4 Å². The second-order valence-electron chi connectivity index (χ2n) is 6.07. The molecule has 0 saturated heterocycles. The predicted octanol–water partition coefficient (Wildman–Crippen LogP) is 5.01. The molecular formula is C17H21ClFNO. The molecule has 0 radical (unpaired) electrons. The van der Waals surface area contributed by atoms with Gasteiger partial charge in [-0.25, -0.2) is 4.39 Å². The van der Waals surface area contributed by atoms with Crippen molar-refractivity contribution < 1.29 is 9.50 Å². The van der Waals surface area contributed by atoms with E-state index in [2.05, 4.69) is 13.0 Å². The van der Waals surface area contributed by atoms with Crippen LogP contribution < -0.4 is 0 Å². The topological polar surface area (TPSA) is 44.0 Å². The highest BCUT2D eigenvalue weighted by molar-refractivity contribution is 6.30. The third kappa shape index (κ3) is 3.39. The molecule has 1 saturated carbocycles. The number of halogens is 2. The minimum Gasteiger partial charge on any atom is -0.387 e. The number of nitrogens with zero attached hydrogens (tertiary/aromatic N) is 1. The summed E-state index contributed by atoms with van der Waals surface area (Å²) >= 11 is 5.89. The second-order valence-corrected chi connectivity index (χ2v) is 6.50. The molecule has 0 bridgehead atoms. The SMILES string of the molecule is CCCC1CCC(C#N)(C(O)c2cc(Cl)ccc2F)CC1. The van der Waals surface area contributed by atoms with Crippen LogP contribution in [0.1, 0.15) is 57.1 Å². The van der Waals surface area contributed by atoms with Gasteiger partial charge in [0.1, 0.15) is 11.9 Å². The van der Waals surface area contributed by atoms with E-state index in [1.54, 1.807) is 0 Å². The highest BCUT2D eigenvalue weighted by Crippen LogP contribution is 2.48. The Labute approximate surface area is 130 Å². The van der Waals surface area contributed by atoms with Gasteiger partial charge in [0.05, 0.1) is 11.5 Å². The molecule has 114 valence electrons. The Morgan fingerprint density at radius 2 is 2.14 bits per heavy atom. The van der Waals surface area contributed by atoms with Gasteiger partial charge in [-0.2, -0.15) is 5.26 Å². The van der Waals surface area contributed by atoms with E-state index >= 15 is 0 Å². The Morgan fingerprint density at radius 3 is 2.71 bits per heavy atom. The van der Waals surface area contributed by atoms with E-state index in [4.69, 9.17) is 11.6 Å². The number of aliphatic hydroxyl groups is 1. The average Bonchev–Trinajstić information content (AvgIpc) is 2.50. The van der Waals surface area contributed by atoms with Crippen LogP contribution in [0.3, 0.4) is 0 Å². The molecule has 1 aromatic carbocycles. The van der Waals surface area contributed by atoms with E-state index in [1.807, 2.05) is 0 Å². The lowest BCUT2D eigenvalue weighted by Gasteiger charge is -2.38. The molecule has 1 unspecified atom stereocenters. The van der Waals surface area contributed by atoms with Crippen LogP contribution in [-0.4, -0.2) is 5.11 Å². The maximum absolute atomic E-state index is 14.0. The summed E-state index contributed by atoms with van der Waals surface area (Å²) in [5.74, 6) is 0.116. The van der Waals surface area contributed by atoms with Gasteiger partial charge in [0, 0.05) is 10.6 Å². The normalized spacial score (nSPS) is 27.1. The van der Waals surface area contributed by atoms with Gasteiger partial charge in [0.25, 0.3) is 0 Å². The van der Waals surface area contributed by atoms with Crippen molar-refractivity contribution >= 4 is 11.6 Å². The minimum absolute atomic E-state index is 0.137. The van der Waals surface area contributed by atoms with Crippen molar-refractivity contribution in [2.24, 2.45) is 11.3 Å². The molecule has 0 heterocycles. The zero-order valence-electron chi connectivity index (χ0n) is 12.3. The summed E-state index contributed by atoms with van der Waals surface area (Å²) < 4.78 is 14.0. The van der Waals surface area contributed by atoms with E-state index < -0.39 is 17.3 Å². The maximum Gasteiger partial charge on any atom is 0.129 e. The molecule has 1 N–H and O–H groups in total. The highest BCUT2D eigenvalue weighted by atomic mass is 35.5. The van der Waals surface area contributed by atoms with Gasteiger partial charge >= 0.3 is 0 Å². The molecule has 21 heavy (non-hydrogen) atoms. The summed E-state index contributed by atoms with van der Waals surface area (Å²) in [6.45, 7) is 2.16. The quantitative estimate of drug-likeness (QED) is 0.849. The summed E-state index contributed by atoms with van der Waals surface area (Å²) in [4.78, 5) is 0. The van der Waals surface area contributed by atoms with Crippen LogP contribution in [0.15, 0.2) is 18.2 Å². The first-order valence-corrected chi connectivity index (χ1v) is 7.94. The first kappa shape index (κ1) is 16.3. The molecule has 0 aliphatic heterocycles. The number of nitriles is 1. The van der Waals surface area contributed by atoms with Crippen molar-refractivity contribution in [2.45, 2.75) is 51.6 Å². The van der Waals surface area contributed by atoms with Crippen LogP contribution in [0.4, 0.5) is 4.39 Å². The molecule has 2 nitrogen and oxygen atoms in total. The summed E-state index contributed by atoms with van der Waals surface area (Å²) in [7, 11) is 0. The number of aliphatic hydroxyl groups excluding tert-OH is 1. The van der Waals surface area contributed by atoms with Crippen molar-refractivity contribution in [2.75, 3.05) is 0 Å². The Kier molecular flexibility index (Phi) is 5.24. The summed E-state index contributed by atoms with van der Waals surface area (Å²) in [6.07, 6.45) is 4.23. The lowest BCUT2D eigenvalue weighted by Crippen LogP contribution is -2.33. The zero-order valence-corrected chi connectivity index (χ0v) is 13.0. The molecule has 1 aromatic rings. The Hall–Kier alpha value is -1.11. The molecule has 1 atom stereocenters. The largest absolute Gasteiger partial charge is 0.387 e. The Balaban J connectivity index is 2.22. The molecule has 0 amide bonds. The van der Waals surface area contributed by atoms with Crippen LogP contribution in [0.2, 0.25) is 5.02 Å². The predicted molar refractivity (Wildman–Crippen MR) is 81.3 cm³/mol. The fraction of sp³-hybridized carbons (Fsp3) is 0.588. The molecule has 0 spiro atoms. The van der Waals surface area contributed by atoms with E-state index in [0.717, 1.165) is 25.7 Å². The van der Waals surface area contributed by atoms with Gasteiger partial charge in [0.15, 0.2) is 0 Å². The first-order valence-electron chi connectivity index (χ1n) is 7.56. The van der Waals surface area contributed by atoms with Crippen LogP contribution in [0.5, 0.6) is 0 Å². The molecule has 2 rings (SSSR count). The van der Waals surface area contributed by atoms with E-state index in [-0.39, 0.29) is 5.56 Å². The minimum atomic E-state index is -1.12. The van der Waals surface area contributed by atoms with Crippen LogP contribution >= 0.6 is 11.6 Å². The van der Waals surface area contributed by atoms with Crippen molar-refractivity contribution in [3.05, 3.63) is 34.6 Å². The van der Waals surface area contributed by atoms with Crippen molar-refractivity contribution in [1.29, 1.82) is 5.26 Å². The van der Waals surface area contributed by atoms with E-state index in [9.17, 15) is 14.8 Å². The fourth-order valence-electron chi connectivity index (χ4n) is 3.36. The lowest BCUT2D eigenvalue weighted by molar-refractivity contribution is 0.0213. The zero-order chi connectivity index (χ0) is 15.5. The van der Waals surface area contributed by atoms with Gasteiger partial charge in [-0.3, -0.25) is 0 Å². The number of benzene rings is 1. The lowest BCUT2D eigenvalue weighted by atomic mass is 9.66. The van der Waals surface area contributed by atoms with Crippen LogP contribution in [0.25, 0.3) is 0 Å². The fourth-order valence-corrected chi connectivity index (χ4v) is 3.54. The Morgan fingerprint density at radius 1 is 1.48 bits per heavy atom. The van der Waals surface area contributed by atoms with Gasteiger partial charge in [0.2, 0.25) is 0 Å². The molecule has 1 aliphatic rings. The van der Waals surface area contributed by atoms with Gasteiger partial charge in [-0.15, -0.1) is 0 Å². The molecule has 4 heteroatoms.